The van der Waals surface area contributed by atoms with Crippen molar-refractivity contribution >= 4 is 11.6 Å². The summed E-state index contributed by atoms with van der Waals surface area (Å²) in [6.07, 6.45) is 5.93. The number of amides is 1. The zero-order valence-corrected chi connectivity index (χ0v) is 12.6. The number of rotatable bonds is 3. The van der Waals surface area contributed by atoms with E-state index in [1.165, 1.54) is 25.7 Å². The van der Waals surface area contributed by atoms with Crippen molar-refractivity contribution in [3.63, 3.8) is 0 Å². The first-order valence-electron chi connectivity index (χ1n) is 8.08. The van der Waals surface area contributed by atoms with E-state index >= 15 is 0 Å². The predicted octanol–water partition coefficient (Wildman–Crippen LogP) is 1.90. The molecule has 2 aliphatic rings. The number of anilines is 1. The normalized spacial score (nSPS) is 20.9. The second-order valence-corrected chi connectivity index (χ2v) is 6.27. The molecule has 0 atom stereocenters. The fourth-order valence-electron chi connectivity index (χ4n) is 3.53. The van der Waals surface area contributed by atoms with Crippen LogP contribution in [0.4, 0.5) is 5.69 Å². The highest BCUT2D eigenvalue weighted by atomic mass is 16.2. The van der Waals surface area contributed by atoms with Crippen LogP contribution < -0.4 is 5.73 Å². The minimum absolute atomic E-state index is 0.242. The second-order valence-electron chi connectivity index (χ2n) is 6.27. The Morgan fingerprint density at radius 2 is 1.67 bits per heavy atom. The van der Waals surface area contributed by atoms with Crippen LogP contribution in [-0.2, 0) is 11.2 Å². The molecule has 0 spiro atoms. The maximum absolute atomic E-state index is 12.4. The van der Waals surface area contributed by atoms with Crippen LogP contribution in [-0.4, -0.2) is 47.9 Å². The van der Waals surface area contributed by atoms with Crippen LogP contribution in [0.25, 0.3) is 0 Å². The van der Waals surface area contributed by atoms with Gasteiger partial charge in [-0.2, -0.15) is 0 Å². The molecule has 2 fully saturated rings. The lowest BCUT2D eigenvalue weighted by molar-refractivity contribution is -0.132. The van der Waals surface area contributed by atoms with Crippen molar-refractivity contribution in [1.82, 2.24) is 9.80 Å². The van der Waals surface area contributed by atoms with Crippen LogP contribution in [0.3, 0.4) is 0 Å². The van der Waals surface area contributed by atoms with E-state index < -0.39 is 0 Å². The molecule has 0 radical (unpaired) electrons. The molecule has 1 aromatic rings. The van der Waals surface area contributed by atoms with E-state index in [1.807, 2.05) is 29.2 Å². The van der Waals surface area contributed by atoms with Gasteiger partial charge in [0.05, 0.1) is 6.42 Å². The SMILES string of the molecule is Nc1ccc(CC(=O)N2CCN(C3CCCC3)CC2)cc1. The Labute approximate surface area is 126 Å². The number of nitrogens with zero attached hydrogens (tertiary/aromatic N) is 2. The van der Waals surface area contributed by atoms with E-state index in [0.29, 0.717) is 6.42 Å². The third kappa shape index (κ3) is 3.56. The molecular weight excluding hydrogens is 262 g/mol. The minimum Gasteiger partial charge on any atom is -0.399 e. The molecule has 1 saturated heterocycles. The van der Waals surface area contributed by atoms with Crippen molar-refractivity contribution in [1.29, 1.82) is 0 Å². The van der Waals surface area contributed by atoms with Crippen LogP contribution in [0.15, 0.2) is 24.3 Å². The average molecular weight is 287 g/mol. The van der Waals surface area contributed by atoms with Crippen LogP contribution >= 0.6 is 0 Å². The Balaban J connectivity index is 1.49. The molecule has 1 aliphatic heterocycles. The summed E-state index contributed by atoms with van der Waals surface area (Å²) >= 11 is 0. The molecule has 4 nitrogen and oxygen atoms in total. The van der Waals surface area contributed by atoms with E-state index in [4.69, 9.17) is 5.73 Å². The molecule has 2 N–H and O–H groups in total. The van der Waals surface area contributed by atoms with Gasteiger partial charge < -0.3 is 10.6 Å². The van der Waals surface area contributed by atoms with Crippen LogP contribution in [0, 0.1) is 0 Å². The molecular formula is C17H25N3O. The molecule has 1 aromatic carbocycles. The molecule has 114 valence electrons. The quantitative estimate of drug-likeness (QED) is 0.864. The summed E-state index contributed by atoms with van der Waals surface area (Å²) < 4.78 is 0. The van der Waals surface area contributed by atoms with Crippen molar-refractivity contribution < 1.29 is 4.79 Å². The summed E-state index contributed by atoms with van der Waals surface area (Å²) in [6, 6.07) is 8.39. The number of hydrogen-bond acceptors (Lipinski definition) is 3. The first kappa shape index (κ1) is 14.4. The Morgan fingerprint density at radius 1 is 1.05 bits per heavy atom. The molecule has 1 amide bonds. The van der Waals surface area contributed by atoms with Crippen LogP contribution in [0.5, 0.6) is 0 Å². The van der Waals surface area contributed by atoms with Crippen molar-refractivity contribution in [2.75, 3.05) is 31.9 Å². The van der Waals surface area contributed by atoms with E-state index in [-0.39, 0.29) is 5.91 Å². The predicted molar refractivity (Wildman–Crippen MR) is 85.0 cm³/mol. The van der Waals surface area contributed by atoms with Crippen molar-refractivity contribution in [2.24, 2.45) is 0 Å². The fourth-order valence-corrected chi connectivity index (χ4v) is 3.53. The molecule has 3 rings (SSSR count). The van der Waals surface area contributed by atoms with Gasteiger partial charge in [-0.15, -0.1) is 0 Å². The summed E-state index contributed by atoms with van der Waals surface area (Å²) in [6.45, 7) is 3.84. The highest BCUT2D eigenvalue weighted by Crippen LogP contribution is 2.24. The summed E-state index contributed by atoms with van der Waals surface area (Å²) in [7, 11) is 0. The average Bonchev–Trinajstić information content (AvgIpc) is 3.04. The Hall–Kier alpha value is -1.55. The number of carbonyl (C=O) groups excluding carboxylic acids is 1. The second kappa shape index (κ2) is 6.48. The standard InChI is InChI=1S/C17H25N3O/c18-15-7-5-14(6-8-15)13-17(21)20-11-9-19(10-12-20)16-3-1-2-4-16/h5-8,16H,1-4,9-13,18H2. The van der Waals surface area contributed by atoms with Crippen molar-refractivity contribution in [2.45, 2.75) is 38.1 Å². The zero-order chi connectivity index (χ0) is 14.7. The van der Waals surface area contributed by atoms with Gasteiger partial charge in [-0.05, 0) is 30.5 Å². The fraction of sp³-hybridized carbons (Fsp3) is 0.588. The first-order valence-corrected chi connectivity index (χ1v) is 8.08. The number of carbonyl (C=O) groups is 1. The lowest BCUT2D eigenvalue weighted by Gasteiger charge is -2.38. The van der Waals surface area contributed by atoms with E-state index in [0.717, 1.165) is 43.5 Å². The van der Waals surface area contributed by atoms with Gasteiger partial charge in [0.1, 0.15) is 0 Å². The van der Waals surface area contributed by atoms with Gasteiger partial charge in [0.15, 0.2) is 0 Å². The number of hydrogen-bond donors (Lipinski definition) is 1. The zero-order valence-electron chi connectivity index (χ0n) is 12.6. The Morgan fingerprint density at radius 3 is 2.29 bits per heavy atom. The van der Waals surface area contributed by atoms with Gasteiger partial charge in [0.25, 0.3) is 0 Å². The maximum atomic E-state index is 12.4. The van der Waals surface area contributed by atoms with E-state index in [1.54, 1.807) is 0 Å². The van der Waals surface area contributed by atoms with Crippen LogP contribution in [0.1, 0.15) is 31.2 Å². The lowest BCUT2D eigenvalue weighted by atomic mass is 10.1. The summed E-state index contributed by atoms with van der Waals surface area (Å²) in [5.74, 6) is 0.242. The van der Waals surface area contributed by atoms with Gasteiger partial charge in [0.2, 0.25) is 5.91 Å². The monoisotopic (exact) mass is 287 g/mol. The largest absolute Gasteiger partial charge is 0.399 e. The number of benzene rings is 1. The molecule has 1 aliphatic carbocycles. The van der Waals surface area contributed by atoms with E-state index in [2.05, 4.69) is 4.90 Å². The third-order valence-electron chi connectivity index (χ3n) is 4.84. The number of nitrogens with two attached hydrogens (primary N) is 1. The van der Waals surface area contributed by atoms with Gasteiger partial charge in [-0.3, -0.25) is 9.69 Å². The minimum atomic E-state index is 0.242. The molecule has 1 saturated carbocycles. The van der Waals surface area contributed by atoms with Gasteiger partial charge >= 0.3 is 0 Å². The first-order chi connectivity index (χ1) is 10.2. The maximum Gasteiger partial charge on any atom is 0.227 e. The van der Waals surface area contributed by atoms with Gasteiger partial charge in [-0.25, -0.2) is 0 Å². The summed E-state index contributed by atoms with van der Waals surface area (Å²) in [5.41, 5.74) is 7.47. The highest BCUT2D eigenvalue weighted by molar-refractivity contribution is 5.79. The molecule has 0 bridgehead atoms. The summed E-state index contributed by atoms with van der Waals surface area (Å²) in [4.78, 5) is 17.0. The molecule has 21 heavy (non-hydrogen) atoms. The third-order valence-corrected chi connectivity index (χ3v) is 4.84. The molecule has 0 aromatic heterocycles. The van der Waals surface area contributed by atoms with Gasteiger partial charge in [-0.1, -0.05) is 25.0 Å². The molecule has 0 unspecified atom stereocenters. The Kier molecular flexibility index (Phi) is 4.44. The lowest BCUT2D eigenvalue weighted by Crippen LogP contribution is -2.51. The van der Waals surface area contributed by atoms with Crippen molar-refractivity contribution in [3.05, 3.63) is 29.8 Å². The summed E-state index contributed by atoms with van der Waals surface area (Å²) in [5, 5.41) is 0. The number of piperazine rings is 1. The van der Waals surface area contributed by atoms with E-state index in [9.17, 15) is 4.79 Å². The highest BCUT2D eigenvalue weighted by Gasteiger charge is 2.27. The van der Waals surface area contributed by atoms with Gasteiger partial charge in [0, 0.05) is 37.9 Å². The van der Waals surface area contributed by atoms with Crippen molar-refractivity contribution in [3.8, 4) is 0 Å². The topological polar surface area (TPSA) is 49.6 Å². The van der Waals surface area contributed by atoms with Crippen LogP contribution in [0.2, 0.25) is 0 Å². The molecule has 4 heteroatoms. The Bertz CT molecular complexity index is 471. The molecule has 1 heterocycles. The smallest absolute Gasteiger partial charge is 0.227 e. The number of nitrogen functional groups attached to an aromatic ring is 1.